The first kappa shape index (κ1) is 15.5. The number of nitrogens with zero attached hydrogens (tertiary/aromatic N) is 1. The number of carbonyl (C=O) groups excluding carboxylic acids is 1. The van der Waals surface area contributed by atoms with Gasteiger partial charge in [0.2, 0.25) is 5.91 Å². The summed E-state index contributed by atoms with van der Waals surface area (Å²) in [5.74, 6) is 1.34. The molecule has 4 nitrogen and oxygen atoms in total. The number of hydrogen-bond acceptors (Lipinski definition) is 3. The molecule has 0 aliphatic carbocycles. The Morgan fingerprint density at radius 1 is 1.23 bits per heavy atom. The van der Waals surface area contributed by atoms with Crippen LogP contribution in [0, 0.1) is 17.8 Å². The fourth-order valence-electron chi connectivity index (χ4n) is 3.98. The van der Waals surface area contributed by atoms with Crippen LogP contribution >= 0.6 is 0 Å². The zero-order valence-electron chi connectivity index (χ0n) is 13.3. The second-order valence-corrected chi connectivity index (χ2v) is 6.57. The smallest absolute Gasteiger partial charge is 0.223 e. The molecular formula is C18H26N2O2. The van der Waals surface area contributed by atoms with Gasteiger partial charge in [0.25, 0.3) is 0 Å². The van der Waals surface area contributed by atoms with Gasteiger partial charge in [-0.3, -0.25) is 9.69 Å². The minimum absolute atomic E-state index is 0.162. The molecule has 22 heavy (non-hydrogen) atoms. The van der Waals surface area contributed by atoms with Crippen molar-refractivity contribution >= 4 is 5.91 Å². The SMILES string of the molecule is COC[C@@H]1CNC(=O)[C@H]2CCN(Cc3ccccc3)CC[C@@H]12. The Labute approximate surface area is 132 Å². The lowest BCUT2D eigenvalue weighted by atomic mass is 9.75. The van der Waals surface area contributed by atoms with E-state index >= 15 is 0 Å². The highest BCUT2D eigenvalue weighted by atomic mass is 16.5. The number of hydrogen-bond donors (Lipinski definition) is 1. The molecule has 0 unspecified atom stereocenters. The predicted molar refractivity (Wildman–Crippen MR) is 86.3 cm³/mol. The Bertz CT molecular complexity index is 491. The third-order valence-corrected chi connectivity index (χ3v) is 5.16. The Kier molecular flexibility index (Phi) is 5.11. The lowest BCUT2D eigenvalue weighted by Crippen LogP contribution is -2.49. The summed E-state index contributed by atoms with van der Waals surface area (Å²) in [6.45, 7) is 4.58. The number of ether oxygens (including phenoxy) is 1. The number of likely N-dealkylation sites (tertiary alicyclic amines) is 1. The van der Waals surface area contributed by atoms with Gasteiger partial charge in [-0.25, -0.2) is 0 Å². The maximum Gasteiger partial charge on any atom is 0.223 e. The third-order valence-electron chi connectivity index (χ3n) is 5.16. The van der Waals surface area contributed by atoms with Crippen molar-refractivity contribution in [2.75, 3.05) is 33.4 Å². The average Bonchev–Trinajstić information content (AvgIpc) is 2.75. The van der Waals surface area contributed by atoms with E-state index in [1.807, 2.05) is 0 Å². The largest absolute Gasteiger partial charge is 0.384 e. The van der Waals surface area contributed by atoms with Crippen molar-refractivity contribution in [1.29, 1.82) is 0 Å². The van der Waals surface area contributed by atoms with Gasteiger partial charge in [0.1, 0.15) is 0 Å². The number of amides is 1. The van der Waals surface area contributed by atoms with Gasteiger partial charge in [0.05, 0.1) is 6.61 Å². The van der Waals surface area contributed by atoms with Gasteiger partial charge in [-0.05, 0) is 37.4 Å². The summed E-state index contributed by atoms with van der Waals surface area (Å²) in [4.78, 5) is 14.7. The number of carbonyl (C=O) groups is 1. The molecule has 4 heteroatoms. The van der Waals surface area contributed by atoms with E-state index in [0.717, 1.165) is 45.6 Å². The molecule has 0 radical (unpaired) electrons. The second-order valence-electron chi connectivity index (χ2n) is 6.57. The molecule has 2 saturated heterocycles. The van der Waals surface area contributed by atoms with E-state index in [-0.39, 0.29) is 11.8 Å². The molecule has 1 N–H and O–H groups in total. The maximum atomic E-state index is 12.2. The minimum Gasteiger partial charge on any atom is -0.384 e. The average molecular weight is 302 g/mol. The summed E-state index contributed by atoms with van der Waals surface area (Å²) in [5.41, 5.74) is 1.35. The number of piperidine rings is 1. The van der Waals surface area contributed by atoms with E-state index in [2.05, 4.69) is 40.5 Å². The van der Waals surface area contributed by atoms with E-state index in [1.165, 1.54) is 5.56 Å². The van der Waals surface area contributed by atoms with E-state index in [9.17, 15) is 4.79 Å². The molecule has 0 aromatic heterocycles. The summed E-state index contributed by atoms with van der Waals surface area (Å²) in [6, 6.07) is 10.6. The molecule has 2 heterocycles. The molecule has 1 amide bonds. The first-order valence-electron chi connectivity index (χ1n) is 8.31. The van der Waals surface area contributed by atoms with Crippen molar-refractivity contribution in [2.45, 2.75) is 19.4 Å². The highest BCUT2D eigenvalue weighted by Gasteiger charge is 2.39. The maximum absolute atomic E-state index is 12.2. The Hall–Kier alpha value is -1.39. The van der Waals surface area contributed by atoms with Crippen molar-refractivity contribution in [3.05, 3.63) is 35.9 Å². The molecule has 0 spiro atoms. The summed E-state index contributed by atoms with van der Waals surface area (Å²) in [7, 11) is 1.75. The molecule has 3 rings (SSSR count). The monoisotopic (exact) mass is 302 g/mol. The quantitative estimate of drug-likeness (QED) is 0.924. The number of rotatable bonds is 4. The van der Waals surface area contributed by atoms with Crippen LogP contribution in [-0.2, 0) is 16.1 Å². The van der Waals surface area contributed by atoms with Crippen molar-refractivity contribution in [3.63, 3.8) is 0 Å². The molecule has 3 atom stereocenters. The van der Waals surface area contributed by atoms with Crippen LogP contribution in [0.15, 0.2) is 30.3 Å². The third kappa shape index (κ3) is 3.50. The first-order valence-corrected chi connectivity index (χ1v) is 8.31. The summed E-state index contributed by atoms with van der Waals surface area (Å²) in [5, 5.41) is 3.07. The van der Waals surface area contributed by atoms with Gasteiger partial charge in [-0.1, -0.05) is 30.3 Å². The van der Waals surface area contributed by atoms with Gasteiger partial charge in [-0.2, -0.15) is 0 Å². The van der Waals surface area contributed by atoms with Crippen LogP contribution in [0.3, 0.4) is 0 Å². The normalized spacial score (nSPS) is 29.5. The van der Waals surface area contributed by atoms with Crippen LogP contribution in [0.4, 0.5) is 0 Å². The molecule has 1 aromatic carbocycles. The van der Waals surface area contributed by atoms with E-state index in [1.54, 1.807) is 7.11 Å². The molecule has 120 valence electrons. The highest BCUT2D eigenvalue weighted by Crippen LogP contribution is 2.34. The number of fused-ring (bicyclic) bond motifs is 1. The molecule has 2 fully saturated rings. The van der Waals surface area contributed by atoms with Gasteiger partial charge in [0.15, 0.2) is 0 Å². The molecule has 2 aliphatic rings. The summed E-state index contributed by atoms with van der Waals surface area (Å²) < 4.78 is 5.36. The predicted octanol–water partition coefficient (Wildman–Crippen LogP) is 1.91. The minimum atomic E-state index is 0.162. The molecule has 2 aliphatic heterocycles. The van der Waals surface area contributed by atoms with Crippen LogP contribution in [0.1, 0.15) is 18.4 Å². The van der Waals surface area contributed by atoms with Crippen molar-refractivity contribution in [2.24, 2.45) is 17.8 Å². The van der Waals surface area contributed by atoms with Crippen LogP contribution < -0.4 is 5.32 Å². The zero-order chi connectivity index (χ0) is 15.4. The summed E-state index contributed by atoms with van der Waals surface area (Å²) in [6.07, 6.45) is 2.06. The second kappa shape index (κ2) is 7.25. The Morgan fingerprint density at radius 3 is 2.77 bits per heavy atom. The zero-order valence-corrected chi connectivity index (χ0v) is 13.3. The summed E-state index contributed by atoms with van der Waals surface area (Å²) >= 11 is 0. The molecule has 1 aromatic rings. The van der Waals surface area contributed by atoms with E-state index < -0.39 is 0 Å². The number of methoxy groups -OCH3 is 1. The molecular weight excluding hydrogens is 276 g/mol. The van der Waals surface area contributed by atoms with E-state index in [4.69, 9.17) is 4.74 Å². The van der Waals surface area contributed by atoms with Crippen LogP contribution in [0.25, 0.3) is 0 Å². The first-order chi connectivity index (χ1) is 10.8. The van der Waals surface area contributed by atoms with Gasteiger partial charge >= 0.3 is 0 Å². The van der Waals surface area contributed by atoms with Gasteiger partial charge in [0, 0.05) is 32.0 Å². The van der Waals surface area contributed by atoms with Gasteiger partial charge < -0.3 is 10.1 Å². The Balaban J connectivity index is 1.65. The Morgan fingerprint density at radius 2 is 2.00 bits per heavy atom. The van der Waals surface area contributed by atoms with Crippen LogP contribution in [-0.4, -0.2) is 44.2 Å². The van der Waals surface area contributed by atoms with Gasteiger partial charge in [-0.15, -0.1) is 0 Å². The highest BCUT2D eigenvalue weighted by molar-refractivity contribution is 5.79. The van der Waals surface area contributed by atoms with Crippen LogP contribution in [0.5, 0.6) is 0 Å². The van der Waals surface area contributed by atoms with Crippen molar-refractivity contribution in [3.8, 4) is 0 Å². The van der Waals surface area contributed by atoms with Crippen LogP contribution in [0.2, 0.25) is 0 Å². The fraction of sp³-hybridized carbons (Fsp3) is 0.611. The lowest BCUT2D eigenvalue weighted by Gasteiger charge is -2.36. The number of benzene rings is 1. The fourth-order valence-corrected chi connectivity index (χ4v) is 3.98. The topological polar surface area (TPSA) is 41.6 Å². The molecule has 0 saturated carbocycles. The lowest BCUT2D eigenvalue weighted by molar-refractivity contribution is -0.131. The van der Waals surface area contributed by atoms with E-state index in [0.29, 0.717) is 11.8 Å². The van der Waals surface area contributed by atoms with Crippen molar-refractivity contribution in [1.82, 2.24) is 10.2 Å². The number of nitrogens with one attached hydrogen (secondary N) is 1. The molecule has 0 bridgehead atoms. The standard InChI is InChI=1S/C18H26N2O2/c1-22-13-15-11-19-18(21)17-8-10-20(9-7-16(15)17)12-14-5-3-2-4-6-14/h2-6,15-17H,7-13H2,1H3,(H,19,21)/t15-,16-,17-/m0/s1. The van der Waals surface area contributed by atoms with Crippen molar-refractivity contribution < 1.29 is 9.53 Å².